The van der Waals surface area contributed by atoms with Crippen LogP contribution in [-0.2, 0) is 4.79 Å². The molecule has 0 saturated heterocycles. The van der Waals surface area contributed by atoms with Gasteiger partial charge in [-0.15, -0.1) is 13.2 Å². The van der Waals surface area contributed by atoms with Gasteiger partial charge >= 0.3 is 0 Å². The molecule has 0 aromatic rings. The van der Waals surface area contributed by atoms with Crippen molar-refractivity contribution in [3.8, 4) is 0 Å². The molecule has 0 aliphatic heterocycles. The van der Waals surface area contributed by atoms with Crippen LogP contribution in [0.4, 0.5) is 0 Å². The summed E-state index contributed by atoms with van der Waals surface area (Å²) in [6.45, 7) is 6.82. The molecule has 62 valence electrons. The Kier molecular flexibility index (Phi) is 3.54. The number of hydrogen-bond acceptors (Lipinski definition) is 2. The van der Waals surface area contributed by atoms with Crippen molar-refractivity contribution in [3.63, 3.8) is 0 Å². The predicted molar refractivity (Wildman–Crippen MR) is 43.8 cm³/mol. The quantitative estimate of drug-likeness (QED) is 0.563. The van der Waals surface area contributed by atoms with Crippen LogP contribution in [0.5, 0.6) is 0 Å². The Hall–Kier alpha value is -1.09. The highest BCUT2D eigenvalue weighted by atomic mass is 16.3. The van der Waals surface area contributed by atoms with Crippen molar-refractivity contribution < 1.29 is 9.90 Å². The van der Waals surface area contributed by atoms with Gasteiger partial charge in [0.15, 0.2) is 0 Å². The van der Waals surface area contributed by atoms with E-state index in [4.69, 9.17) is 5.73 Å². The number of aliphatic hydroxyl groups is 1. The van der Waals surface area contributed by atoms with Crippen molar-refractivity contribution in [3.05, 3.63) is 25.3 Å². The molecule has 0 unspecified atom stereocenters. The van der Waals surface area contributed by atoms with Gasteiger partial charge in [-0.25, -0.2) is 0 Å². The Labute approximate surface area is 66.2 Å². The number of nitrogens with two attached hydrogens (primary N) is 1. The topological polar surface area (TPSA) is 63.3 Å². The Bertz CT molecular complexity index is 165. The van der Waals surface area contributed by atoms with E-state index in [1.54, 1.807) is 0 Å². The molecular weight excluding hydrogens is 142 g/mol. The van der Waals surface area contributed by atoms with Gasteiger partial charge in [0.2, 0.25) is 5.91 Å². The summed E-state index contributed by atoms with van der Waals surface area (Å²) in [5.41, 5.74) is 3.46. The normalized spacial score (nSPS) is 10.6. The molecule has 0 aliphatic rings. The maximum atomic E-state index is 10.7. The fourth-order valence-corrected chi connectivity index (χ4v) is 0.762. The number of amides is 1. The highest BCUT2D eigenvalue weighted by Gasteiger charge is 2.30. The second kappa shape index (κ2) is 3.93. The van der Waals surface area contributed by atoms with E-state index in [9.17, 15) is 9.90 Å². The second-order valence-electron chi connectivity index (χ2n) is 2.38. The zero-order chi connectivity index (χ0) is 8.91. The molecule has 0 bridgehead atoms. The smallest absolute Gasteiger partial charge is 0.250 e. The molecule has 0 aromatic heterocycles. The molecular formula is C8H13NO2. The fraction of sp³-hybridized carbons (Fsp3) is 0.375. The van der Waals surface area contributed by atoms with E-state index in [0.29, 0.717) is 0 Å². The summed E-state index contributed by atoms with van der Waals surface area (Å²) in [5, 5.41) is 9.47. The highest BCUT2D eigenvalue weighted by molar-refractivity contribution is 5.83. The number of primary amides is 1. The lowest BCUT2D eigenvalue weighted by Crippen LogP contribution is -2.42. The summed E-state index contributed by atoms with van der Waals surface area (Å²) >= 11 is 0. The van der Waals surface area contributed by atoms with Crippen LogP contribution < -0.4 is 5.73 Å². The molecule has 0 heterocycles. The summed E-state index contributed by atoms with van der Waals surface area (Å²) in [6.07, 6.45) is 3.23. The van der Waals surface area contributed by atoms with E-state index in [2.05, 4.69) is 13.2 Å². The molecule has 0 radical (unpaired) electrons. The third kappa shape index (κ3) is 2.55. The van der Waals surface area contributed by atoms with Crippen LogP contribution in [0.1, 0.15) is 12.8 Å². The largest absolute Gasteiger partial charge is 0.379 e. The third-order valence-corrected chi connectivity index (χ3v) is 1.42. The van der Waals surface area contributed by atoms with E-state index in [1.165, 1.54) is 12.2 Å². The highest BCUT2D eigenvalue weighted by Crippen LogP contribution is 2.15. The van der Waals surface area contributed by atoms with E-state index < -0.39 is 11.5 Å². The Morgan fingerprint density at radius 1 is 1.45 bits per heavy atom. The van der Waals surface area contributed by atoms with E-state index >= 15 is 0 Å². The van der Waals surface area contributed by atoms with Gasteiger partial charge in [0.05, 0.1) is 0 Å². The maximum Gasteiger partial charge on any atom is 0.250 e. The standard InChI is InChI=1S/C8H13NO2/c1-3-5-8(11,6-4-2)7(9)10/h3-4,11H,1-2,5-6H2,(H2,9,10). The zero-order valence-corrected chi connectivity index (χ0v) is 6.42. The van der Waals surface area contributed by atoms with Gasteiger partial charge < -0.3 is 10.8 Å². The Balaban J connectivity index is 4.35. The molecule has 0 fully saturated rings. The first kappa shape index (κ1) is 9.91. The van der Waals surface area contributed by atoms with E-state index in [0.717, 1.165) is 0 Å². The van der Waals surface area contributed by atoms with Crippen LogP contribution in [0.3, 0.4) is 0 Å². The van der Waals surface area contributed by atoms with E-state index in [1.807, 2.05) is 0 Å². The Morgan fingerprint density at radius 2 is 1.82 bits per heavy atom. The van der Waals surface area contributed by atoms with Crippen molar-refractivity contribution in [1.29, 1.82) is 0 Å². The molecule has 0 spiro atoms. The number of carbonyl (C=O) groups is 1. The first-order chi connectivity index (χ1) is 5.06. The van der Waals surface area contributed by atoms with Crippen LogP contribution in [0.15, 0.2) is 25.3 Å². The minimum absolute atomic E-state index is 0.161. The summed E-state index contributed by atoms with van der Waals surface area (Å²) in [4.78, 5) is 10.7. The summed E-state index contributed by atoms with van der Waals surface area (Å²) < 4.78 is 0. The molecule has 11 heavy (non-hydrogen) atoms. The minimum Gasteiger partial charge on any atom is -0.379 e. The molecule has 3 nitrogen and oxygen atoms in total. The summed E-state index contributed by atoms with van der Waals surface area (Å²) in [5.74, 6) is -0.739. The van der Waals surface area contributed by atoms with Crippen LogP contribution in [0.2, 0.25) is 0 Å². The van der Waals surface area contributed by atoms with Gasteiger partial charge in [-0.05, 0) is 0 Å². The van der Waals surface area contributed by atoms with Gasteiger partial charge in [-0.3, -0.25) is 4.79 Å². The first-order valence-corrected chi connectivity index (χ1v) is 3.31. The summed E-state index contributed by atoms with van der Waals surface area (Å²) in [6, 6.07) is 0. The molecule has 0 aromatic carbocycles. The van der Waals surface area contributed by atoms with Gasteiger partial charge in [-0.1, -0.05) is 12.2 Å². The minimum atomic E-state index is -1.50. The number of hydrogen-bond donors (Lipinski definition) is 2. The van der Waals surface area contributed by atoms with Gasteiger partial charge in [0, 0.05) is 12.8 Å². The number of rotatable bonds is 5. The molecule has 0 atom stereocenters. The lowest BCUT2D eigenvalue weighted by Gasteiger charge is -2.20. The zero-order valence-electron chi connectivity index (χ0n) is 6.42. The SMILES string of the molecule is C=CCC(O)(CC=C)C(N)=O. The molecule has 3 N–H and O–H groups in total. The van der Waals surface area contributed by atoms with Gasteiger partial charge in [0.1, 0.15) is 5.60 Å². The molecule has 0 aliphatic carbocycles. The van der Waals surface area contributed by atoms with Crippen molar-refractivity contribution >= 4 is 5.91 Å². The van der Waals surface area contributed by atoms with Crippen LogP contribution in [0.25, 0.3) is 0 Å². The lowest BCUT2D eigenvalue weighted by molar-refractivity contribution is -0.135. The molecule has 3 heteroatoms. The molecule has 1 amide bonds. The van der Waals surface area contributed by atoms with Crippen LogP contribution >= 0.6 is 0 Å². The van der Waals surface area contributed by atoms with Crippen LogP contribution in [0, 0.1) is 0 Å². The van der Waals surface area contributed by atoms with E-state index in [-0.39, 0.29) is 12.8 Å². The monoisotopic (exact) mass is 155 g/mol. The summed E-state index contributed by atoms with van der Waals surface area (Å²) in [7, 11) is 0. The average molecular weight is 155 g/mol. The maximum absolute atomic E-state index is 10.7. The van der Waals surface area contributed by atoms with Crippen molar-refractivity contribution in [1.82, 2.24) is 0 Å². The third-order valence-electron chi connectivity index (χ3n) is 1.42. The average Bonchev–Trinajstić information content (AvgIpc) is 1.88. The Morgan fingerprint density at radius 3 is 2.00 bits per heavy atom. The van der Waals surface area contributed by atoms with Crippen molar-refractivity contribution in [2.75, 3.05) is 0 Å². The second-order valence-corrected chi connectivity index (χ2v) is 2.38. The predicted octanol–water partition coefficient (Wildman–Crippen LogP) is 0.355. The molecule has 0 saturated carbocycles. The van der Waals surface area contributed by atoms with Gasteiger partial charge in [-0.2, -0.15) is 0 Å². The van der Waals surface area contributed by atoms with Gasteiger partial charge in [0.25, 0.3) is 0 Å². The van der Waals surface area contributed by atoms with Crippen molar-refractivity contribution in [2.24, 2.45) is 5.73 Å². The van der Waals surface area contributed by atoms with Crippen LogP contribution in [-0.4, -0.2) is 16.6 Å². The molecule has 0 rings (SSSR count). The fourth-order valence-electron chi connectivity index (χ4n) is 0.762. The van der Waals surface area contributed by atoms with Crippen molar-refractivity contribution in [2.45, 2.75) is 18.4 Å². The lowest BCUT2D eigenvalue weighted by atomic mass is 9.95. The first-order valence-electron chi connectivity index (χ1n) is 3.31. The number of carbonyl (C=O) groups excluding carboxylic acids is 1.